The molecule has 22 heavy (non-hydrogen) atoms. The molecule has 1 aliphatic rings. The van der Waals surface area contributed by atoms with Gasteiger partial charge in [0.05, 0.1) is 6.04 Å². The van der Waals surface area contributed by atoms with E-state index in [4.69, 9.17) is 4.74 Å². The number of carbonyl (C=O) groups excluding carboxylic acids is 1. The number of hydrogen-bond acceptors (Lipinski definition) is 2. The Morgan fingerprint density at radius 1 is 1.14 bits per heavy atom. The highest BCUT2D eigenvalue weighted by Gasteiger charge is 2.30. The van der Waals surface area contributed by atoms with E-state index in [0.717, 1.165) is 35.0 Å². The van der Waals surface area contributed by atoms with Crippen molar-refractivity contribution in [2.24, 2.45) is 0 Å². The first-order chi connectivity index (χ1) is 10.7. The van der Waals surface area contributed by atoms with Crippen molar-refractivity contribution >= 4 is 22.0 Å². The Hall–Kier alpha value is -1.81. The summed E-state index contributed by atoms with van der Waals surface area (Å²) in [5, 5.41) is 0. The number of ether oxygens (including phenoxy) is 1. The van der Waals surface area contributed by atoms with E-state index >= 15 is 0 Å². The lowest BCUT2D eigenvalue weighted by molar-refractivity contribution is 0.0921. The lowest BCUT2D eigenvalue weighted by atomic mass is 10.1. The number of carbonyl (C=O) groups is 1. The third-order valence-electron chi connectivity index (χ3n) is 3.95. The van der Waals surface area contributed by atoms with Gasteiger partial charge in [-0.2, -0.15) is 0 Å². The minimum Gasteiger partial charge on any atom is -0.445 e. The molecule has 1 unspecified atom stereocenters. The van der Waals surface area contributed by atoms with Crippen LogP contribution in [-0.2, 0) is 11.3 Å². The molecule has 2 aromatic rings. The molecule has 3 nitrogen and oxygen atoms in total. The van der Waals surface area contributed by atoms with E-state index in [1.165, 1.54) is 0 Å². The first kappa shape index (κ1) is 15.1. The molecule has 0 bridgehead atoms. The SMILES string of the molecule is O=C(OCc1ccccc1)N1CCCC1c1ccc(Br)cc1. The van der Waals surface area contributed by atoms with Crippen molar-refractivity contribution in [2.45, 2.75) is 25.5 Å². The number of rotatable bonds is 3. The van der Waals surface area contributed by atoms with Crippen LogP contribution in [0.2, 0.25) is 0 Å². The van der Waals surface area contributed by atoms with Crippen LogP contribution >= 0.6 is 15.9 Å². The Morgan fingerprint density at radius 3 is 2.59 bits per heavy atom. The summed E-state index contributed by atoms with van der Waals surface area (Å²) in [5.41, 5.74) is 2.17. The molecule has 0 saturated carbocycles. The van der Waals surface area contributed by atoms with Crippen LogP contribution in [0.1, 0.15) is 30.0 Å². The maximum atomic E-state index is 12.4. The number of likely N-dealkylation sites (tertiary alicyclic amines) is 1. The van der Waals surface area contributed by atoms with E-state index in [1.54, 1.807) is 0 Å². The van der Waals surface area contributed by atoms with Crippen LogP contribution in [0, 0.1) is 0 Å². The Morgan fingerprint density at radius 2 is 1.86 bits per heavy atom. The van der Waals surface area contributed by atoms with Crippen molar-refractivity contribution in [3.63, 3.8) is 0 Å². The fourth-order valence-electron chi connectivity index (χ4n) is 2.82. The van der Waals surface area contributed by atoms with Gasteiger partial charge in [0.25, 0.3) is 0 Å². The second-order valence-electron chi connectivity index (χ2n) is 5.44. The Bertz CT molecular complexity index is 627. The summed E-state index contributed by atoms with van der Waals surface area (Å²) < 4.78 is 6.51. The molecule has 0 spiro atoms. The highest BCUT2D eigenvalue weighted by molar-refractivity contribution is 9.10. The second-order valence-corrected chi connectivity index (χ2v) is 6.36. The van der Waals surface area contributed by atoms with Crippen LogP contribution in [0.4, 0.5) is 4.79 Å². The van der Waals surface area contributed by atoms with Gasteiger partial charge in [-0.3, -0.25) is 0 Å². The van der Waals surface area contributed by atoms with Crippen molar-refractivity contribution in [2.75, 3.05) is 6.54 Å². The van der Waals surface area contributed by atoms with Crippen molar-refractivity contribution < 1.29 is 9.53 Å². The molecule has 1 saturated heterocycles. The smallest absolute Gasteiger partial charge is 0.410 e. The molecule has 0 radical (unpaired) electrons. The number of halogens is 1. The zero-order valence-electron chi connectivity index (χ0n) is 12.2. The monoisotopic (exact) mass is 359 g/mol. The number of amides is 1. The Balaban J connectivity index is 1.65. The summed E-state index contributed by atoms with van der Waals surface area (Å²) in [4.78, 5) is 14.2. The first-order valence-electron chi connectivity index (χ1n) is 7.47. The highest BCUT2D eigenvalue weighted by atomic mass is 79.9. The van der Waals surface area contributed by atoms with Gasteiger partial charge < -0.3 is 9.64 Å². The van der Waals surface area contributed by atoms with E-state index < -0.39 is 0 Å². The minimum atomic E-state index is -0.228. The van der Waals surface area contributed by atoms with E-state index in [2.05, 4.69) is 28.1 Å². The van der Waals surface area contributed by atoms with Gasteiger partial charge in [0.2, 0.25) is 0 Å². The predicted molar refractivity (Wildman–Crippen MR) is 89.5 cm³/mol. The normalized spacial score (nSPS) is 17.5. The molecule has 0 aliphatic carbocycles. The summed E-state index contributed by atoms with van der Waals surface area (Å²) in [6.45, 7) is 1.08. The predicted octanol–water partition coefficient (Wildman–Crippen LogP) is 4.92. The molecule has 0 N–H and O–H groups in total. The Labute approximate surface area is 139 Å². The van der Waals surface area contributed by atoms with Crippen molar-refractivity contribution in [3.05, 3.63) is 70.2 Å². The summed E-state index contributed by atoms with van der Waals surface area (Å²) in [5.74, 6) is 0. The number of hydrogen-bond donors (Lipinski definition) is 0. The van der Waals surface area contributed by atoms with Gasteiger partial charge in [-0.1, -0.05) is 58.4 Å². The molecule has 3 rings (SSSR count). The molecule has 1 aliphatic heterocycles. The third-order valence-corrected chi connectivity index (χ3v) is 4.48. The zero-order chi connectivity index (χ0) is 15.4. The largest absolute Gasteiger partial charge is 0.445 e. The number of nitrogens with zero attached hydrogens (tertiary/aromatic N) is 1. The minimum absolute atomic E-state index is 0.122. The summed E-state index contributed by atoms with van der Waals surface area (Å²) in [7, 11) is 0. The summed E-state index contributed by atoms with van der Waals surface area (Å²) >= 11 is 3.44. The average Bonchev–Trinajstić information content (AvgIpc) is 3.04. The summed E-state index contributed by atoms with van der Waals surface area (Å²) in [6, 6.07) is 18.1. The van der Waals surface area contributed by atoms with Gasteiger partial charge in [-0.15, -0.1) is 0 Å². The van der Waals surface area contributed by atoms with Crippen molar-refractivity contribution in [1.29, 1.82) is 0 Å². The molecule has 1 atom stereocenters. The lowest BCUT2D eigenvalue weighted by Gasteiger charge is -2.24. The van der Waals surface area contributed by atoms with Gasteiger partial charge in [-0.05, 0) is 36.1 Å². The molecular weight excluding hydrogens is 342 g/mol. The van der Waals surface area contributed by atoms with Crippen LogP contribution in [0.3, 0.4) is 0 Å². The molecule has 1 fully saturated rings. The first-order valence-corrected chi connectivity index (χ1v) is 8.26. The fraction of sp³-hybridized carbons (Fsp3) is 0.278. The van der Waals surface area contributed by atoms with E-state index in [-0.39, 0.29) is 12.1 Å². The van der Waals surface area contributed by atoms with E-state index in [9.17, 15) is 4.79 Å². The van der Waals surface area contributed by atoms with Gasteiger partial charge >= 0.3 is 6.09 Å². The van der Waals surface area contributed by atoms with Crippen LogP contribution in [0.5, 0.6) is 0 Å². The molecule has 1 heterocycles. The molecule has 114 valence electrons. The maximum Gasteiger partial charge on any atom is 0.410 e. The van der Waals surface area contributed by atoms with Gasteiger partial charge in [0.1, 0.15) is 6.61 Å². The van der Waals surface area contributed by atoms with Crippen molar-refractivity contribution in [1.82, 2.24) is 4.90 Å². The van der Waals surface area contributed by atoms with Crippen LogP contribution in [-0.4, -0.2) is 17.5 Å². The number of benzene rings is 2. The highest BCUT2D eigenvalue weighted by Crippen LogP contribution is 2.33. The van der Waals surface area contributed by atoms with Gasteiger partial charge in [0.15, 0.2) is 0 Å². The van der Waals surface area contributed by atoms with E-state index in [1.807, 2.05) is 47.4 Å². The average molecular weight is 360 g/mol. The lowest BCUT2D eigenvalue weighted by Crippen LogP contribution is -2.31. The molecule has 0 aromatic heterocycles. The third kappa shape index (κ3) is 3.50. The molecule has 4 heteroatoms. The fourth-order valence-corrected chi connectivity index (χ4v) is 3.08. The molecule has 1 amide bonds. The van der Waals surface area contributed by atoms with Crippen molar-refractivity contribution in [3.8, 4) is 0 Å². The molecule has 2 aromatic carbocycles. The molecular formula is C18H18BrNO2. The quantitative estimate of drug-likeness (QED) is 0.777. The summed E-state index contributed by atoms with van der Waals surface area (Å²) in [6.07, 6.45) is 1.78. The van der Waals surface area contributed by atoms with Crippen LogP contribution in [0.25, 0.3) is 0 Å². The van der Waals surface area contributed by atoms with Crippen LogP contribution < -0.4 is 0 Å². The standard InChI is InChI=1S/C18H18BrNO2/c19-16-10-8-15(9-11-16)17-7-4-12-20(17)18(21)22-13-14-5-2-1-3-6-14/h1-3,5-6,8-11,17H,4,7,12-13H2. The Kier molecular flexibility index (Phi) is 4.78. The zero-order valence-corrected chi connectivity index (χ0v) is 13.8. The van der Waals surface area contributed by atoms with Gasteiger partial charge in [-0.25, -0.2) is 4.79 Å². The van der Waals surface area contributed by atoms with Crippen LogP contribution in [0.15, 0.2) is 59.1 Å². The van der Waals surface area contributed by atoms with E-state index in [0.29, 0.717) is 6.61 Å². The second kappa shape index (κ2) is 6.97. The van der Waals surface area contributed by atoms with Gasteiger partial charge in [0, 0.05) is 11.0 Å². The topological polar surface area (TPSA) is 29.5 Å². The maximum absolute atomic E-state index is 12.4.